The number of aromatic hydroxyl groups is 3. The second-order valence-corrected chi connectivity index (χ2v) is 13.1. The van der Waals surface area contributed by atoms with Gasteiger partial charge in [0.2, 0.25) is 23.8 Å². The number of phenolic OH excluding ortho intramolecular Hbond substituents is 3. The average molecular weight is 773 g/mol. The molecule has 0 saturated carbocycles. The van der Waals surface area contributed by atoms with Gasteiger partial charge in [0.15, 0.2) is 23.5 Å². The highest BCUT2D eigenvalue weighted by molar-refractivity contribution is 5.88. The third kappa shape index (κ3) is 7.39. The van der Waals surface area contributed by atoms with Crippen LogP contribution >= 0.6 is 0 Å². The van der Waals surface area contributed by atoms with Crippen molar-refractivity contribution in [2.45, 2.75) is 99.0 Å². The van der Waals surface area contributed by atoms with Crippen molar-refractivity contribution in [3.05, 3.63) is 40.6 Å². The second kappa shape index (κ2) is 15.7. The van der Waals surface area contributed by atoms with E-state index in [0.29, 0.717) is 0 Å². The van der Waals surface area contributed by atoms with E-state index in [2.05, 4.69) is 0 Å². The SMILES string of the molecule is C[C@H]1O[C@H](OC[C@@H]2O[C@H](Oc3c(-c4ccc(O)c(O)c4)oc4cc(O[C@H]5O[C@@H](CO)[C@@H](O)[C@H](O)[C@@H]5O)cc(O)c4c3=O)[C@@H](O)[C@@H](O)[C@H]2O)[C@@H](O)[C@H](O)[C@@H]1O. The molecule has 21 nitrogen and oxygen atoms in total. The Labute approximate surface area is 303 Å². The van der Waals surface area contributed by atoms with Crippen LogP contribution < -0.4 is 14.9 Å². The van der Waals surface area contributed by atoms with Crippen LogP contribution in [-0.4, -0.2) is 172 Å². The summed E-state index contributed by atoms with van der Waals surface area (Å²) >= 11 is 0. The number of aliphatic hydroxyl groups is 10. The predicted molar refractivity (Wildman–Crippen MR) is 173 cm³/mol. The van der Waals surface area contributed by atoms with E-state index in [1.165, 1.54) is 13.0 Å². The van der Waals surface area contributed by atoms with Gasteiger partial charge in [-0.2, -0.15) is 0 Å². The van der Waals surface area contributed by atoms with Crippen molar-refractivity contribution in [3.8, 4) is 40.1 Å². The third-order valence-corrected chi connectivity index (χ3v) is 9.38. The molecule has 0 aliphatic carbocycles. The van der Waals surface area contributed by atoms with E-state index < -0.39 is 150 Å². The summed E-state index contributed by atoms with van der Waals surface area (Å²) in [6.45, 7) is -0.0204. The summed E-state index contributed by atoms with van der Waals surface area (Å²) in [6.07, 6.45) is -25.1. The summed E-state index contributed by atoms with van der Waals surface area (Å²) < 4.78 is 39.1. The van der Waals surface area contributed by atoms with Gasteiger partial charge in [0, 0.05) is 17.7 Å². The highest BCUT2D eigenvalue weighted by atomic mass is 16.7. The first-order valence-electron chi connectivity index (χ1n) is 16.5. The molecule has 3 aliphatic heterocycles. The van der Waals surface area contributed by atoms with Crippen LogP contribution in [0.25, 0.3) is 22.3 Å². The molecule has 3 aromatic rings. The normalized spacial score (nSPS) is 37.3. The molecular formula is C33H40O21. The van der Waals surface area contributed by atoms with E-state index in [-0.39, 0.29) is 11.3 Å². The van der Waals surface area contributed by atoms with Crippen LogP contribution in [0.4, 0.5) is 0 Å². The first-order valence-corrected chi connectivity index (χ1v) is 16.5. The summed E-state index contributed by atoms with van der Waals surface area (Å²) in [6, 6.07) is 5.15. The molecule has 0 amide bonds. The average Bonchev–Trinajstić information content (AvgIpc) is 3.14. The van der Waals surface area contributed by atoms with Crippen LogP contribution in [0.15, 0.2) is 39.5 Å². The van der Waals surface area contributed by atoms with Crippen molar-refractivity contribution in [2.24, 2.45) is 0 Å². The Morgan fingerprint density at radius 2 is 1.22 bits per heavy atom. The van der Waals surface area contributed by atoms with Gasteiger partial charge in [-0.15, -0.1) is 0 Å². The summed E-state index contributed by atoms with van der Waals surface area (Å²) in [7, 11) is 0. The van der Waals surface area contributed by atoms with Gasteiger partial charge in [0.1, 0.15) is 89.6 Å². The number of phenols is 3. The lowest BCUT2D eigenvalue weighted by molar-refractivity contribution is -0.318. The Bertz CT molecular complexity index is 1850. The van der Waals surface area contributed by atoms with Gasteiger partial charge in [-0.25, -0.2) is 0 Å². The Morgan fingerprint density at radius 1 is 0.630 bits per heavy atom. The lowest BCUT2D eigenvalue weighted by Crippen LogP contribution is -2.61. The second-order valence-electron chi connectivity index (χ2n) is 13.1. The maximum atomic E-state index is 14.1. The van der Waals surface area contributed by atoms with E-state index in [9.17, 15) is 71.2 Å². The Balaban J connectivity index is 1.34. The molecule has 54 heavy (non-hydrogen) atoms. The molecule has 6 rings (SSSR count). The van der Waals surface area contributed by atoms with E-state index >= 15 is 0 Å². The van der Waals surface area contributed by atoms with Crippen LogP contribution in [0.3, 0.4) is 0 Å². The number of fused-ring (bicyclic) bond motifs is 1. The number of aliphatic hydroxyl groups excluding tert-OH is 10. The maximum absolute atomic E-state index is 14.1. The van der Waals surface area contributed by atoms with Gasteiger partial charge in [-0.05, 0) is 25.1 Å². The summed E-state index contributed by atoms with van der Waals surface area (Å²) in [4.78, 5) is 14.1. The van der Waals surface area contributed by atoms with Crippen molar-refractivity contribution in [1.29, 1.82) is 0 Å². The minimum absolute atomic E-state index is 0.122. The fourth-order valence-corrected chi connectivity index (χ4v) is 6.19. The van der Waals surface area contributed by atoms with Crippen LogP contribution in [-0.2, 0) is 18.9 Å². The minimum atomic E-state index is -2.05. The summed E-state index contributed by atoms with van der Waals surface area (Å²) in [5, 5.41) is 133. The number of ether oxygens (including phenoxy) is 6. The molecule has 0 spiro atoms. The van der Waals surface area contributed by atoms with Gasteiger partial charge in [-0.1, -0.05) is 0 Å². The molecule has 298 valence electrons. The lowest BCUT2D eigenvalue weighted by atomic mass is 9.98. The van der Waals surface area contributed by atoms with E-state index in [1.807, 2.05) is 0 Å². The molecule has 3 fully saturated rings. The lowest BCUT2D eigenvalue weighted by Gasteiger charge is -2.42. The van der Waals surface area contributed by atoms with E-state index in [0.717, 1.165) is 24.3 Å². The topological polar surface area (TPSA) is 349 Å². The minimum Gasteiger partial charge on any atom is -0.507 e. The predicted octanol–water partition coefficient (Wildman–Crippen LogP) is -4.21. The van der Waals surface area contributed by atoms with Crippen molar-refractivity contribution in [3.63, 3.8) is 0 Å². The van der Waals surface area contributed by atoms with Gasteiger partial charge in [0.25, 0.3) is 0 Å². The third-order valence-electron chi connectivity index (χ3n) is 9.38. The van der Waals surface area contributed by atoms with Crippen molar-refractivity contribution < 1.29 is 99.2 Å². The summed E-state index contributed by atoms with van der Waals surface area (Å²) in [5.41, 5.74) is -1.66. The molecule has 3 saturated heterocycles. The van der Waals surface area contributed by atoms with Gasteiger partial charge in [-0.3, -0.25) is 4.79 Å². The monoisotopic (exact) mass is 772 g/mol. The van der Waals surface area contributed by atoms with Crippen LogP contribution in [0.5, 0.6) is 28.7 Å². The van der Waals surface area contributed by atoms with Crippen molar-refractivity contribution in [1.82, 2.24) is 0 Å². The van der Waals surface area contributed by atoms with Crippen LogP contribution in [0.2, 0.25) is 0 Å². The smallest absolute Gasteiger partial charge is 0.239 e. The fraction of sp³-hybridized carbons (Fsp3) is 0.545. The Morgan fingerprint density at radius 3 is 1.87 bits per heavy atom. The number of benzene rings is 2. The first-order chi connectivity index (χ1) is 25.5. The molecule has 0 bridgehead atoms. The van der Waals surface area contributed by atoms with E-state index in [1.54, 1.807) is 0 Å². The maximum Gasteiger partial charge on any atom is 0.239 e. The zero-order chi connectivity index (χ0) is 39.3. The standard InChI is InChI=1S/C33H40O21/c1-9-19(38)23(42)26(45)31(49-9)48-8-17-21(40)25(44)28(47)33(53-17)54-30-22(41)18-14(37)5-11(50-32-27(46)24(43)20(39)16(7-34)52-32)6-15(18)51-29(30)10-2-3-12(35)13(36)4-10/h2-6,9,16-17,19-21,23-28,31-40,42-47H,7-8H2,1H3/t9-,16+,17+,19-,20-,21+,23-,24+,25+,26+,27+,28+,31+,32+,33-/m1/s1. The quantitative estimate of drug-likeness (QED) is 0.0917. The Kier molecular flexibility index (Phi) is 11.5. The molecule has 4 heterocycles. The van der Waals surface area contributed by atoms with Gasteiger partial charge >= 0.3 is 0 Å². The number of hydrogen-bond donors (Lipinski definition) is 13. The molecule has 13 N–H and O–H groups in total. The molecule has 0 unspecified atom stereocenters. The first kappa shape index (κ1) is 39.8. The molecule has 3 aliphatic rings. The number of hydrogen-bond acceptors (Lipinski definition) is 21. The number of rotatable bonds is 9. The highest BCUT2D eigenvalue weighted by Crippen LogP contribution is 2.40. The fourth-order valence-electron chi connectivity index (χ4n) is 6.19. The van der Waals surface area contributed by atoms with Crippen LogP contribution in [0, 0.1) is 0 Å². The largest absolute Gasteiger partial charge is 0.507 e. The van der Waals surface area contributed by atoms with Gasteiger partial charge in [0.05, 0.1) is 19.3 Å². The Hall–Kier alpha value is -3.91. The van der Waals surface area contributed by atoms with E-state index in [4.69, 9.17) is 32.8 Å². The van der Waals surface area contributed by atoms with Crippen LogP contribution in [0.1, 0.15) is 6.92 Å². The molecule has 15 atom stereocenters. The zero-order valence-electron chi connectivity index (χ0n) is 28.0. The van der Waals surface area contributed by atoms with Gasteiger partial charge < -0.3 is 99.2 Å². The molecular weight excluding hydrogens is 732 g/mol. The highest BCUT2D eigenvalue weighted by Gasteiger charge is 2.48. The van der Waals surface area contributed by atoms with Crippen molar-refractivity contribution >= 4 is 11.0 Å². The zero-order valence-corrected chi connectivity index (χ0v) is 28.0. The molecule has 21 heteroatoms. The molecule has 1 aromatic heterocycles. The van der Waals surface area contributed by atoms with Crippen molar-refractivity contribution in [2.75, 3.05) is 13.2 Å². The molecule has 2 aromatic carbocycles. The molecule has 0 radical (unpaired) electrons. The summed E-state index contributed by atoms with van der Waals surface area (Å²) in [5.74, 6) is -3.63.